The number of ether oxygens (including phenoxy) is 1. The molecule has 24 heavy (non-hydrogen) atoms. The van der Waals surface area contributed by atoms with Crippen molar-refractivity contribution in [1.29, 1.82) is 0 Å². The molecule has 1 aliphatic rings. The normalized spacial score (nSPS) is 17.7. The van der Waals surface area contributed by atoms with Gasteiger partial charge in [-0.1, -0.05) is 19.1 Å². The van der Waals surface area contributed by atoms with Crippen LogP contribution in [0, 0.1) is 0 Å². The molecule has 0 saturated carbocycles. The third kappa shape index (κ3) is 4.10. The number of carbonyl (C=O) groups is 2. The molecule has 1 heterocycles. The van der Waals surface area contributed by atoms with Gasteiger partial charge in [0.15, 0.2) is 6.61 Å². The first-order valence-electron chi connectivity index (χ1n) is 7.48. The SMILES string of the molecule is CCCNC(=O)COC(=O)[C@@H](C)N=C1NS(=O)(=O)c2ccccc21. The topological polar surface area (TPSA) is 114 Å². The van der Waals surface area contributed by atoms with Crippen LogP contribution in [0.1, 0.15) is 25.8 Å². The minimum absolute atomic E-state index is 0.0884. The van der Waals surface area contributed by atoms with Gasteiger partial charge in [0.1, 0.15) is 11.9 Å². The van der Waals surface area contributed by atoms with Crippen LogP contribution in [-0.4, -0.2) is 45.3 Å². The highest BCUT2D eigenvalue weighted by Gasteiger charge is 2.31. The third-order valence-electron chi connectivity index (χ3n) is 3.24. The number of rotatable bonds is 6. The molecule has 0 aliphatic carbocycles. The van der Waals surface area contributed by atoms with Crippen molar-refractivity contribution >= 4 is 27.7 Å². The molecule has 2 N–H and O–H groups in total. The van der Waals surface area contributed by atoms with E-state index in [0.717, 1.165) is 6.42 Å². The van der Waals surface area contributed by atoms with Crippen LogP contribution in [0.4, 0.5) is 0 Å². The average Bonchev–Trinajstić information content (AvgIpc) is 2.81. The standard InChI is InChI=1S/C15H19N3O5S/c1-3-8-16-13(19)9-23-15(20)10(2)17-14-11-6-4-5-7-12(11)24(21,22)18-14/h4-7,10H,3,8-9H2,1-2H3,(H,16,19)(H,17,18)/t10-/m1/s1. The van der Waals surface area contributed by atoms with Gasteiger partial charge in [0.2, 0.25) is 0 Å². The molecule has 0 aromatic heterocycles. The molecule has 0 bridgehead atoms. The number of hydrogen-bond acceptors (Lipinski definition) is 6. The van der Waals surface area contributed by atoms with Gasteiger partial charge < -0.3 is 10.1 Å². The van der Waals surface area contributed by atoms with E-state index < -0.39 is 34.5 Å². The monoisotopic (exact) mass is 353 g/mol. The number of esters is 1. The lowest BCUT2D eigenvalue weighted by Gasteiger charge is -2.09. The van der Waals surface area contributed by atoms with Gasteiger partial charge >= 0.3 is 5.97 Å². The van der Waals surface area contributed by atoms with Crippen molar-refractivity contribution in [2.45, 2.75) is 31.2 Å². The van der Waals surface area contributed by atoms with E-state index >= 15 is 0 Å². The largest absolute Gasteiger partial charge is 0.454 e. The number of aliphatic imine (C=N–C) groups is 1. The Hall–Kier alpha value is -2.42. The lowest BCUT2D eigenvalue weighted by Crippen LogP contribution is -2.32. The number of hydrogen-bond donors (Lipinski definition) is 2. The summed E-state index contributed by atoms with van der Waals surface area (Å²) in [5.41, 5.74) is 0.401. The Morgan fingerprint density at radius 3 is 2.75 bits per heavy atom. The zero-order chi connectivity index (χ0) is 17.7. The fourth-order valence-electron chi connectivity index (χ4n) is 2.05. The zero-order valence-electron chi connectivity index (χ0n) is 13.4. The second-order valence-electron chi connectivity index (χ2n) is 5.21. The summed E-state index contributed by atoms with van der Waals surface area (Å²) in [5.74, 6) is -1.01. The molecule has 9 heteroatoms. The Bertz CT molecular complexity index is 773. The molecule has 0 saturated heterocycles. The number of amides is 1. The Morgan fingerprint density at radius 1 is 1.33 bits per heavy atom. The number of nitrogens with one attached hydrogen (secondary N) is 2. The smallest absolute Gasteiger partial charge is 0.331 e. The summed E-state index contributed by atoms with van der Waals surface area (Å²) in [6, 6.07) is 5.39. The Morgan fingerprint density at radius 2 is 2.04 bits per heavy atom. The van der Waals surface area contributed by atoms with E-state index in [2.05, 4.69) is 15.0 Å². The first kappa shape index (κ1) is 17.9. The van der Waals surface area contributed by atoms with Crippen LogP contribution in [0.2, 0.25) is 0 Å². The van der Waals surface area contributed by atoms with Crippen molar-refractivity contribution in [2.24, 2.45) is 4.99 Å². The van der Waals surface area contributed by atoms with Gasteiger partial charge in [0.05, 0.1) is 4.90 Å². The van der Waals surface area contributed by atoms with E-state index in [1.54, 1.807) is 18.2 Å². The van der Waals surface area contributed by atoms with Crippen LogP contribution < -0.4 is 10.0 Å². The van der Waals surface area contributed by atoms with Gasteiger partial charge in [0, 0.05) is 12.1 Å². The molecule has 130 valence electrons. The molecule has 1 aromatic rings. The van der Waals surface area contributed by atoms with Crippen molar-refractivity contribution in [1.82, 2.24) is 10.0 Å². The fraction of sp³-hybridized carbons (Fsp3) is 0.400. The Labute approximate surface area is 140 Å². The van der Waals surface area contributed by atoms with Crippen molar-refractivity contribution < 1.29 is 22.7 Å². The van der Waals surface area contributed by atoms with Crippen molar-refractivity contribution in [3.63, 3.8) is 0 Å². The lowest BCUT2D eigenvalue weighted by molar-refractivity contribution is -0.149. The second-order valence-corrected chi connectivity index (χ2v) is 6.86. The zero-order valence-corrected chi connectivity index (χ0v) is 14.2. The van der Waals surface area contributed by atoms with E-state index in [0.29, 0.717) is 12.1 Å². The summed E-state index contributed by atoms with van der Waals surface area (Å²) in [6.45, 7) is 3.49. The minimum atomic E-state index is -3.66. The number of sulfonamides is 1. The van der Waals surface area contributed by atoms with Crippen LogP contribution in [0.5, 0.6) is 0 Å². The van der Waals surface area contributed by atoms with E-state index in [1.165, 1.54) is 13.0 Å². The molecular weight excluding hydrogens is 334 g/mol. The number of amidine groups is 1. The van der Waals surface area contributed by atoms with Crippen molar-refractivity contribution in [3.8, 4) is 0 Å². The van der Waals surface area contributed by atoms with E-state index in [1.807, 2.05) is 6.92 Å². The Kier molecular flexibility index (Phi) is 5.55. The van der Waals surface area contributed by atoms with Crippen LogP contribution in [0.3, 0.4) is 0 Å². The molecule has 0 spiro atoms. The Balaban J connectivity index is 2.04. The summed E-state index contributed by atoms with van der Waals surface area (Å²) < 4.78 is 31.1. The first-order valence-corrected chi connectivity index (χ1v) is 8.97. The second kappa shape index (κ2) is 7.43. The number of carbonyl (C=O) groups excluding carboxylic acids is 2. The van der Waals surface area contributed by atoms with Gasteiger partial charge in [-0.2, -0.15) is 0 Å². The third-order valence-corrected chi connectivity index (χ3v) is 4.64. The maximum Gasteiger partial charge on any atom is 0.331 e. The quantitative estimate of drug-likeness (QED) is 0.708. The predicted octanol–water partition coefficient (Wildman–Crippen LogP) is 0.183. The van der Waals surface area contributed by atoms with Crippen LogP contribution in [-0.2, 0) is 24.3 Å². The molecule has 8 nitrogen and oxygen atoms in total. The average molecular weight is 353 g/mol. The van der Waals surface area contributed by atoms with Crippen LogP contribution >= 0.6 is 0 Å². The first-order chi connectivity index (χ1) is 11.3. The minimum Gasteiger partial charge on any atom is -0.454 e. The van der Waals surface area contributed by atoms with Gasteiger partial charge in [-0.05, 0) is 25.5 Å². The maximum atomic E-state index is 12.0. The summed E-state index contributed by atoms with van der Waals surface area (Å²) in [5, 5.41) is 2.58. The van der Waals surface area contributed by atoms with E-state index in [4.69, 9.17) is 4.74 Å². The van der Waals surface area contributed by atoms with Crippen LogP contribution in [0.15, 0.2) is 34.2 Å². The molecule has 0 radical (unpaired) electrons. The summed E-state index contributed by atoms with van der Waals surface area (Å²) in [6.07, 6.45) is 0.781. The van der Waals surface area contributed by atoms with Gasteiger partial charge in [-0.25, -0.2) is 13.2 Å². The van der Waals surface area contributed by atoms with Gasteiger partial charge in [-0.3, -0.25) is 14.5 Å². The van der Waals surface area contributed by atoms with Gasteiger partial charge in [-0.15, -0.1) is 0 Å². The number of benzene rings is 1. The highest BCUT2D eigenvalue weighted by molar-refractivity contribution is 7.90. The highest BCUT2D eigenvalue weighted by Crippen LogP contribution is 2.22. The van der Waals surface area contributed by atoms with E-state index in [-0.39, 0.29) is 10.7 Å². The highest BCUT2D eigenvalue weighted by atomic mass is 32.2. The molecule has 0 unspecified atom stereocenters. The molecule has 0 fully saturated rings. The molecule has 1 amide bonds. The van der Waals surface area contributed by atoms with E-state index in [9.17, 15) is 18.0 Å². The number of nitrogens with zero attached hydrogens (tertiary/aromatic N) is 1. The summed E-state index contributed by atoms with van der Waals surface area (Å²) in [4.78, 5) is 27.5. The summed E-state index contributed by atoms with van der Waals surface area (Å²) >= 11 is 0. The molecule has 1 aliphatic heterocycles. The van der Waals surface area contributed by atoms with Crippen molar-refractivity contribution in [2.75, 3.05) is 13.2 Å². The maximum absolute atomic E-state index is 12.0. The summed E-state index contributed by atoms with van der Waals surface area (Å²) in [7, 11) is -3.66. The predicted molar refractivity (Wildman–Crippen MR) is 87.0 cm³/mol. The molecule has 1 aromatic carbocycles. The molecule has 2 rings (SSSR count). The van der Waals surface area contributed by atoms with Crippen molar-refractivity contribution in [3.05, 3.63) is 29.8 Å². The lowest BCUT2D eigenvalue weighted by atomic mass is 10.2. The molecular formula is C15H19N3O5S. The number of fused-ring (bicyclic) bond motifs is 1. The fourth-order valence-corrected chi connectivity index (χ4v) is 3.29. The van der Waals surface area contributed by atoms with Gasteiger partial charge in [0.25, 0.3) is 15.9 Å². The van der Waals surface area contributed by atoms with Crippen LogP contribution in [0.25, 0.3) is 0 Å². The molecule has 1 atom stereocenters.